The van der Waals surface area contributed by atoms with Crippen LogP contribution >= 0.6 is 0 Å². The third-order valence-electron chi connectivity index (χ3n) is 3.86. The van der Waals surface area contributed by atoms with E-state index < -0.39 is 0 Å². The molecule has 6 nitrogen and oxygen atoms in total. The average Bonchev–Trinajstić information content (AvgIpc) is 3.32. The Labute approximate surface area is 150 Å². The van der Waals surface area contributed by atoms with Gasteiger partial charge in [0.2, 0.25) is 5.82 Å². The molecular formula is C20H17N3O3. The normalized spacial score (nSPS) is 11.0. The fourth-order valence-electron chi connectivity index (χ4n) is 2.60. The molecule has 0 spiro atoms. The summed E-state index contributed by atoms with van der Waals surface area (Å²) < 4.78 is 15.8. The van der Waals surface area contributed by atoms with E-state index in [-0.39, 0.29) is 6.61 Å². The highest BCUT2D eigenvalue weighted by molar-refractivity contribution is 5.67. The van der Waals surface area contributed by atoms with Crippen molar-refractivity contribution in [2.75, 3.05) is 0 Å². The zero-order valence-electron chi connectivity index (χ0n) is 14.3. The highest BCUT2D eigenvalue weighted by atomic mass is 16.5. The summed E-state index contributed by atoms with van der Waals surface area (Å²) in [5.74, 6) is 1.63. The van der Waals surface area contributed by atoms with E-state index in [0.717, 1.165) is 16.8 Å². The van der Waals surface area contributed by atoms with E-state index in [0.29, 0.717) is 24.1 Å². The van der Waals surface area contributed by atoms with Crippen molar-refractivity contribution in [2.24, 2.45) is 0 Å². The van der Waals surface area contributed by atoms with E-state index in [9.17, 15) is 0 Å². The standard InChI is InChI=1S/C20H17N3O3/c1-14-11-18(25-22-14)12-24-13-19-21-20(23-26-19)17-9-7-16(8-10-17)15-5-3-2-4-6-15/h2-11H,12-13H2,1H3. The van der Waals surface area contributed by atoms with Crippen molar-refractivity contribution in [3.63, 3.8) is 0 Å². The summed E-state index contributed by atoms with van der Waals surface area (Å²) in [6, 6.07) is 20.1. The lowest BCUT2D eigenvalue weighted by Crippen LogP contribution is -1.93. The van der Waals surface area contributed by atoms with Gasteiger partial charge in [0, 0.05) is 11.6 Å². The van der Waals surface area contributed by atoms with E-state index in [2.05, 4.69) is 27.4 Å². The molecule has 0 fully saturated rings. The van der Waals surface area contributed by atoms with E-state index in [1.54, 1.807) is 0 Å². The summed E-state index contributed by atoms with van der Waals surface area (Å²) in [5, 5.41) is 7.83. The van der Waals surface area contributed by atoms with Crippen LogP contribution in [0.15, 0.2) is 69.7 Å². The summed E-state index contributed by atoms with van der Waals surface area (Å²) >= 11 is 0. The molecule has 26 heavy (non-hydrogen) atoms. The quantitative estimate of drug-likeness (QED) is 0.514. The van der Waals surface area contributed by atoms with Crippen LogP contribution in [-0.4, -0.2) is 15.3 Å². The molecule has 0 aliphatic carbocycles. The molecule has 0 amide bonds. The maximum Gasteiger partial charge on any atom is 0.252 e. The number of ether oxygens (including phenoxy) is 1. The van der Waals surface area contributed by atoms with Crippen molar-refractivity contribution >= 4 is 0 Å². The summed E-state index contributed by atoms with van der Waals surface area (Å²) in [7, 11) is 0. The number of hydrogen-bond donors (Lipinski definition) is 0. The van der Waals surface area contributed by atoms with E-state index in [1.165, 1.54) is 5.56 Å². The van der Waals surface area contributed by atoms with Crippen molar-refractivity contribution in [3.05, 3.63) is 78.0 Å². The number of benzene rings is 2. The van der Waals surface area contributed by atoms with Gasteiger partial charge in [-0.2, -0.15) is 4.98 Å². The molecule has 0 bridgehead atoms. The van der Waals surface area contributed by atoms with Gasteiger partial charge in [0.25, 0.3) is 5.89 Å². The Kier molecular flexibility index (Phi) is 4.57. The molecule has 0 atom stereocenters. The second-order valence-electron chi connectivity index (χ2n) is 5.88. The smallest absolute Gasteiger partial charge is 0.252 e. The molecule has 2 aromatic heterocycles. The first-order valence-electron chi connectivity index (χ1n) is 8.26. The van der Waals surface area contributed by atoms with Crippen LogP contribution in [0.4, 0.5) is 0 Å². The lowest BCUT2D eigenvalue weighted by Gasteiger charge is -2.01. The van der Waals surface area contributed by atoms with Gasteiger partial charge in [-0.25, -0.2) is 0 Å². The maximum atomic E-state index is 5.52. The summed E-state index contributed by atoms with van der Waals surface area (Å²) in [6.45, 7) is 2.39. The van der Waals surface area contributed by atoms with E-state index >= 15 is 0 Å². The third-order valence-corrected chi connectivity index (χ3v) is 3.86. The molecule has 0 N–H and O–H groups in total. The fraction of sp³-hybridized carbons (Fsp3) is 0.150. The number of nitrogens with zero attached hydrogens (tertiary/aromatic N) is 3. The first-order chi connectivity index (χ1) is 12.8. The molecule has 4 rings (SSSR count). The Hall–Kier alpha value is -3.25. The zero-order valence-corrected chi connectivity index (χ0v) is 14.3. The van der Waals surface area contributed by atoms with Crippen LogP contribution in [0.5, 0.6) is 0 Å². The Morgan fingerprint density at radius 1 is 0.808 bits per heavy atom. The van der Waals surface area contributed by atoms with Crippen molar-refractivity contribution in [1.29, 1.82) is 0 Å². The van der Waals surface area contributed by atoms with Gasteiger partial charge < -0.3 is 13.8 Å². The molecule has 4 aromatic rings. The maximum absolute atomic E-state index is 5.52. The van der Waals surface area contributed by atoms with Gasteiger partial charge in [0.05, 0.1) is 5.69 Å². The molecule has 6 heteroatoms. The molecule has 0 aliphatic rings. The van der Waals surface area contributed by atoms with Gasteiger partial charge in [-0.3, -0.25) is 0 Å². The fourth-order valence-corrected chi connectivity index (χ4v) is 2.60. The minimum absolute atomic E-state index is 0.217. The van der Waals surface area contributed by atoms with Crippen LogP contribution in [0.25, 0.3) is 22.5 Å². The van der Waals surface area contributed by atoms with Gasteiger partial charge in [0.1, 0.15) is 13.2 Å². The number of aryl methyl sites for hydroxylation is 1. The number of rotatable bonds is 6. The first-order valence-corrected chi connectivity index (χ1v) is 8.26. The molecular weight excluding hydrogens is 330 g/mol. The first kappa shape index (κ1) is 16.2. The topological polar surface area (TPSA) is 74.2 Å². The van der Waals surface area contributed by atoms with Crippen LogP contribution < -0.4 is 0 Å². The third kappa shape index (κ3) is 3.70. The van der Waals surface area contributed by atoms with Crippen molar-refractivity contribution in [2.45, 2.75) is 20.1 Å². The Bertz CT molecular complexity index is 975. The van der Waals surface area contributed by atoms with Crippen LogP contribution in [-0.2, 0) is 18.0 Å². The monoisotopic (exact) mass is 347 g/mol. The van der Waals surface area contributed by atoms with Gasteiger partial charge >= 0.3 is 0 Å². The molecule has 0 saturated carbocycles. The molecule has 130 valence electrons. The number of hydrogen-bond acceptors (Lipinski definition) is 6. The molecule has 0 saturated heterocycles. The molecule has 0 unspecified atom stereocenters. The van der Waals surface area contributed by atoms with Crippen molar-refractivity contribution < 1.29 is 13.8 Å². The minimum Gasteiger partial charge on any atom is -0.364 e. The predicted octanol–water partition coefficient (Wildman–Crippen LogP) is 4.42. The van der Waals surface area contributed by atoms with E-state index in [4.69, 9.17) is 13.8 Å². The molecule has 0 aliphatic heterocycles. The van der Waals surface area contributed by atoms with Crippen LogP contribution in [0.3, 0.4) is 0 Å². The molecule has 0 radical (unpaired) electrons. The zero-order chi connectivity index (χ0) is 17.8. The Morgan fingerprint density at radius 3 is 2.27 bits per heavy atom. The van der Waals surface area contributed by atoms with Crippen molar-refractivity contribution in [3.8, 4) is 22.5 Å². The van der Waals surface area contributed by atoms with Gasteiger partial charge in [-0.15, -0.1) is 0 Å². The lowest BCUT2D eigenvalue weighted by atomic mass is 10.0. The van der Waals surface area contributed by atoms with Crippen LogP contribution in [0.1, 0.15) is 17.3 Å². The number of aromatic nitrogens is 3. The van der Waals surface area contributed by atoms with Crippen molar-refractivity contribution in [1.82, 2.24) is 15.3 Å². The lowest BCUT2D eigenvalue weighted by molar-refractivity contribution is 0.0697. The van der Waals surface area contributed by atoms with Gasteiger partial charge in [-0.1, -0.05) is 64.9 Å². The molecule has 2 heterocycles. The summed E-state index contributed by atoms with van der Waals surface area (Å²) in [5.41, 5.74) is 4.03. The van der Waals surface area contributed by atoms with Gasteiger partial charge in [-0.05, 0) is 18.1 Å². The predicted molar refractivity (Wildman–Crippen MR) is 94.9 cm³/mol. The Morgan fingerprint density at radius 2 is 1.54 bits per heavy atom. The highest BCUT2D eigenvalue weighted by Gasteiger charge is 2.10. The minimum atomic E-state index is 0.217. The van der Waals surface area contributed by atoms with Crippen LogP contribution in [0, 0.1) is 6.92 Å². The average molecular weight is 347 g/mol. The van der Waals surface area contributed by atoms with Crippen LogP contribution in [0.2, 0.25) is 0 Å². The summed E-state index contributed by atoms with van der Waals surface area (Å²) in [4.78, 5) is 4.37. The Balaban J connectivity index is 1.39. The largest absolute Gasteiger partial charge is 0.364 e. The summed E-state index contributed by atoms with van der Waals surface area (Å²) in [6.07, 6.45) is 0. The highest BCUT2D eigenvalue weighted by Crippen LogP contribution is 2.23. The van der Waals surface area contributed by atoms with Gasteiger partial charge in [0.15, 0.2) is 5.76 Å². The SMILES string of the molecule is Cc1cc(COCc2nc(-c3ccc(-c4ccccc4)cc3)no2)on1. The molecule has 2 aromatic carbocycles. The second-order valence-corrected chi connectivity index (χ2v) is 5.88. The van der Waals surface area contributed by atoms with E-state index in [1.807, 2.05) is 55.5 Å². The second kappa shape index (κ2) is 7.33.